The number of methoxy groups -OCH3 is 1. The molecule has 0 aromatic heterocycles. The molecule has 0 N–H and O–H groups in total. The third-order valence-electron chi connectivity index (χ3n) is 6.17. The van der Waals surface area contributed by atoms with Crippen LogP contribution in [0.1, 0.15) is 48.4 Å². The van der Waals surface area contributed by atoms with Gasteiger partial charge < -0.3 is 9.47 Å². The quantitative estimate of drug-likeness (QED) is 0.209. The van der Waals surface area contributed by atoms with Crippen molar-refractivity contribution < 1.29 is 22.7 Å². The molecule has 0 heterocycles. The number of sulfonamides is 1. The number of ether oxygens (including phenoxy) is 2. The first-order chi connectivity index (χ1) is 17.7. The Morgan fingerprint density at radius 3 is 2.35 bits per heavy atom. The summed E-state index contributed by atoms with van der Waals surface area (Å²) in [5.41, 5.74) is 3.53. The highest BCUT2D eigenvalue weighted by Crippen LogP contribution is 2.31. The second-order valence-electron chi connectivity index (χ2n) is 8.94. The van der Waals surface area contributed by atoms with Crippen molar-refractivity contribution in [3.63, 3.8) is 0 Å². The SMILES string of the molecule is CCCCCOc1ccc(/C=C/C(=O)N(c2cccc(C)c2C)S(=O)(=O)c2ccc(C)cc2)cc1OC. The van der Waals surface area contributed by atoms with Crippen LogP contribution < -0.4 is 13.8 Å². The average Bonchev–Trinajstić information content (AvgIpc) is 2.88. The van der Waals surface area contributed by atoms with E-state index in [-0.39, 0.29) is 4.90 Å². The molecule has 1 amide bonds. The largest absolute Gasteiger partial charge is 0.493 e. The first-order valence-corrected chi connectivity index (χ1v) is 13.8. The fraction of sp³-hybridized carbons (Fsp3) is 0.300. The summed E-state index contributed by atoms with van der Waals surface area (Å²) in [6, 6.07) is 17.1. The van der Waals surface area contributed by atoms with Crippen LogP contribution in [-0.4, -0.2) is 28.0 Å². The van der Waals surface area contributed by atoms with Crippen molar-refractivity contribution >= 4 is 27.7 Å². The summed E-state index contributed by atoms with van der Waals surface area (Å²) in [6.07, 6.45) is 6.00. The van der Waals surface area contributed by atoms with E-state index in [1.165, 1.54) is 18.2 Å². The molecule has 0 radical (unpaired) electrons. The molecule has 0 unspecified atom stereocenters. The number of unbranched alkanes of at least 4 members (excludes halogenated alkanes) is 2. The predicted octanol–water partition coefficient (Wildman–Crippen LogP) is 6.62. The number of carbonyl (C=O) groups is 1. The van der Waals surface area contributed by atoms with Gasteiger partial charge in [-0.15, -0.1) is 0 Å². The van der Waals surface area contributed by atoms with Crippen molar-refractivity contribution in [2.75, 3.05) is 18.0 Å². The van der Waals surface area contributed by atoms with Gasteiger partial charge in [0.1, 0.15) is 0 Å². The van der Waals surface area contributed by atoms with E-state index in [9.17, 15) is 13.2 Å². The minimum absolute atomic E-state index is 0.0481. The van der Waals surface area contributed by atoms with E-state index in [4.69, 9.17) is 9.47 Å². The van der Waals surface area contributed by atoms with Gasteiger partial charge in [-0.3, -0.25) is 4.79 Å². The summed E-state index contributed by atoms with van der Waals surface area (Å²) in [7, 11) is -2.60. The van der Waals surface area contributed by atoms with Gasteiger partial charge in [0.05, 0.1) is 24.3 Å². The molecular formula is C30H35NO5S. The highest BCUT2D eigenvalue weighted by molar-refractivity contribution is 7.93. The monoisotopic (exact) mass is 521 g/mol. The molecule has 6 nitrogen and oxygen atoms in total. The van der Waals surface area contributed by atoms with Crippen LogP contribution in [0.3, 0.4) is 0 Å². The van der Waals surface area contributed by atoms with E-state index < -0.39 is 15.9 Å². The van der Waals surface area contributed by atoms with Crippen LogP contribution >= 0.6 is 0 Å². The van der Waals surface area contributed by atoms with Crippen molar-refractivity contribution in [1.29, 1.82) is 0 Å². The molecule has 0 aliphatic carbocycles. The van der Waals surface area contributed by atoms with Crippen molar-refractivity contribution in [2.24, 2.45) is 0 Å². The third kappa shape index (κ3) is 6.80. The van der Waals surface area contributed by atoms with E-state index in [0.717, 1.165) is 34.7 Å². The van der Waals surface area contributed by atoms with Crippen LogP contribution in [0.2, 0.25) is 0 Å². The van der Waals surface area contributed by atoms with Gasteiger partial charge in [0, 0.05) is 6.08 Å². The normalized spacial score (nSPS) is 11.5. The Labute approximate surface area is 220 Å². The minimum Gasteiger partial charge on any atom is -0.493 e. The molecule has 0 spiro atoms. The topological polar surface area (TPSA) is 72.9 Å². The van der Waals surface area contributed by atoms with Crippen LogP contribution in [0.5, 0.6) is 11.5 Å². The van der Waals surface area contributed by atoms with E-state index in [0.29, 0.717) is 34.9 Å². The highest BCUT2D eigenvalue weighted by atomic mass is 32.2. The van der Waals surface area contributed by atoms with Crippen LogP contribution in [0.4, 0.5) is 5.69 Å². The lowest BCUT2D eigenvalue weighted by Crippen LogP contribution is -2.36. The van der Waals surface area contributed by atoms with E-state index >= 15 is 0 Å². The Balaban J connectivity index is 1.95. The molecule has 3 rings (SSSR count). The van der Waals surface area contributed by atoms with Gasteiger partial charge in [-0.05, 0) is 80.3 Å². The molecule has 7 heteroatoms. The molecule has 0 bridgehead atoms. The van der Waals surface area contributed by atoms with E-state index in [2.05, 4.69) is 6.92 Å². The zero-order valence-electron chi connectivity index (χ0n) is 22.2. The number of anilines is 1. The summed E-state index contributed by atoms with van der Waals surface area (Å²) < 4.78 is 39.5. The Morgan fingerprint density at radius 2 is 1.68 bits per heavy atom. The maximum absolute atomic E-state index is 13.7. The average molecular weight is 522 g/mol. The summed E-state index contributed by atoms with van der Waals surface area (Å²) in [4.78, 5) is 13.5. The van der Waals surface area contributed by atoms with Crippen molar-refractivity contribution in [2.45, 2.75) is 51.9 Å². The second-order valence-corrected chi connectivity index (χ2v) is 10.7. The van der Waals surface area contributed by atoms with E-state index in [1.807, 2.05) is 26.8 Å². The maximum atomic E-state index is 13.7. The summed E-state index contributed by atoms with van der Waals surface area (Å²) in [5.74, 6) is 0.499. The fourth-order valence-corrected chi connectivity index (χ4v) is 5.26. The van der Waals surface area contributed by atoms with Gasteiger partial charge in [-0.25, -0.2) is 8.42 Å². The first kappa shape index (κ1) is 28.0. The van der Waals surface area contributed by atoms with Crippen LogP contribution in [-0.2, 0) is 14.8 Å². The zero-order chi connectivity index (χ0) is 27.0. The maximum Gasteiger partial charge on any atom is 0.271 e. The van der Waals surface area contributed by atoms with Crippen molar-refractivity contribution in [1.82, 2.24) is 0 Å². The smallest absolute Gasteiger partial charge is 0.271 e. The van der Waals surface area contributed by atoms with Gasteiger partial charge in [0.25, 0.3) is 15.9 Å². The number of nitrogens with zero attached hydrogens (tertiary/aromatic N) is 1. The zero-order valence-corrected chi connectivity index (χ0v) is 23.0. The van der Waals surface area contributed by atoms with Crippen LogP contribution in [0, 0.1) is 20.8 Å². The van der Waals surface area contributed by atoms with Gasteiger partial charge in [0.15, 0.2) is 11.5 Å². The number of rotatable bonds is 11. The molecule has 196 valence electrons. The lowest BCUT2D eigenvalue weighted by molar-refractivity contribution is -0.113. The van der Waals surface area contributed by atoms with Gasteiger partial charge in [0.2, 0.25) is 0 Å². The lowest BCUT2D eigenvalue weighted by Gasteiger charge is -2.24. The second kappa shape index (κ2) is 12.6. The number of aryl methyl sites for hydroxylation is 2. The first-order valence-electron chi connectivity index (χ1n) is 12.4. The third-order valence-corrected chi connectivity index (χ3v) is 7.89. The Hall–Kier alpha value is -3.58. The summed E-state index contributed by atoms with van der Waals surface area (Å²) in [5, 5.41) is 0. The molecule has 37 heavy (non-hydrogen) atoms. The molecular weight excluding hydrogens is 486 g/mol. The van der Waals surface area contributed by atoms with Gasteiger partial charge in [-0.1, -0.05) is 55.7 Å². The van der Waals surface area contributed by atoms with Crippen molar-refractivity contribution in [3.8, 4) is 11.5 Å². The van der Waals surface area contributed by atoms with Crippen molar-refractivity contribution in [3.05, 3.63) is 89.0 Å². The molecule has 0 saturated heterocycles. The lowest BCUT2D eigenvalue weighted by atomic mass is 10.1. The van der Waals surface area contributed by atoms with Gasteiger partial charge >= 0.3 is 0 Å². The molecule has 3 aromatic rings. The number of hydrogen-bond acceptors (Lipinski definition) is 5. The number of amides is 1. The van der Waals surface area contributed by atoms with E-state index in [1.54, 1.807) is 55.7 Å². The molecule has 0 aliphatic rings. The number of benzene rings is 3. The molecule has 0 atom stereocenters. The van der Waals surface area contributed by atoms with Crippen LogP contribution in [0.15, 0.2) is 71.6 Å². The van der Waals surface area contributed by atoms with Gasteiger partial charge in [-0.2, -0.15) is 4.31 Å². The minimum atomic E-state index is -4.16. The molecule has 0 saturated carbocycles. The number of carbonyl (C=O) groups excluding carboxylic acids is 1. The fourth-order valence-electron chi connectivity index (χ4n) is 3.81. The standard InChI is InChI=1S/C30H35NO5S/c1-6-7-8-20-36-28-18-14-25(21-29(28)35-5)15-19-30(32)31(27-11-9-10-23(3)24(27)4)37(33,34)26-16-12-22(2)13-17-26/h9-19,21H,6-8,20H2,1-5H3/b19-15+. The summed E-state index contributed by atoms with van der Waals surface area (Å²) >= 11 is 0. The summed E-state index contributed by atoms with van der Waals surface area (Å²) in [6.45, 7) is 8.30. The highest BCUT2D eigenvalue weighted by Gasteiger charge is 2.31. The molecule has 0 aliphatic heterocycles. The Kier molecular flexibility index (Phi) is 9.53. The van der Waals surface area contributed by atoms with Crippen LogP contribution in [0.25, 0.3) is 6.08 Å². The Bertz CT molecular complexity index is 1360. The number of hydrogen-bond donors (Lipinski definition) is 0. The molecule has 3 aromatic carbocycles. The predicted molar refractivity (Wildman–Crippen MR) is 149 cm³/mol. The Morgan fingerprint density at radius 1 is 0.946 bits per heavy atom. The molecule has 0 fully saturated rings.